The van der Waals surface area contributed by atoms with Crippen LogP contribution in [0.15, 0.2) is 48.7 Å². The van der Waals surface area contributed by atoms with Gasteiger partial charge in [0.2, 0.25) is 5.91 Å². The van der Waals surface area contributed by atoms with Crippen LogP contribution in [0.3, 0.4) is 0 Å². The number of hydrogen-bond acceptors (Lipinski definition) is 3. The van der Waals surface area contributed by atoms with Crippen LogP contribution in [0.1, 0.15) is 42.1 Å². The van der Waals surface area contributed by atoms with Gasteiger partial charge >= 0.3 is 0 Å². The minimum absolute atomic E-state index is 0.0676. The summed E-state index contributed by atoms with van der Waals surface area (Å²) in [5.74, 6) is 0.533. The molecule has 0 spiro atoms. The van der Waals surface area contributed by atoms with Crippen LogP contribution in [-0.2, 0) is 11.4 Å². The van der Waals surface area contributed by atoms with E-state index in [1.54, 1.807) is 12.3 Å². The maximum Gasteiger partial charge on any atom is 0.224 e. The van der Waals surface area contributed by atoms with Crippen molar-refractivity contribution >= 4 is 5.91 Å². The topological polar surface area (TPSA) is 62.2 Å². The van der Waals surface area contributed by atoms with Crippen molar-refractivity contribution in [3.05, 3.63) is 65.5 Å². The lowest BCUT2D eigenvalue weighted by Crippen LogP contribution is -2.28. The van der Waals surface area contributed by atoms with Gasteiger partial charge in [0, 0.05) is 12.1 Å². The Morgan fingerprint density at radius 1 is 1.32 bits per heavy atom. The molecule has 1 aliphatic carbocycles. The van der Waals surface area contributed by atoms with E-state index in [9.17, 15) is 4.79 Å². The summed E-state index contributed by atoms with van der Waals surface area (Å²) in [6.07, 6.45) is 2.63. The minimum Gasteiger partial charge on any atom is -0.390 e. The van der Waals surface area contributed by atoms with Crippen molar-refractivity contribution in [1.29, 1.82) is 0 Å². The van der Waals surface area contributed by atoms with Crippen molar-refractivity contribution in [2.75, 3.05) is 0 Å². The van der Waals surface area contributed by atoms with E-state index in [1.807, 2.05) is 31.2 Å². The molecule has 0 saturated heterocycles. The molecule has 2 aromatic rings. The molecule has 1 saturated carbocycles. The van der Waals surface area contributed by atoms with E-state index in [0.717, 1.165) is 12.0 Å². The zero-order valence-electron chi connectivity index (χ0n) is 12.6. The molecule has 1 aromatic carbocycles. The fourth-order valence-corrected chi connectivity index (χ4v) is 2.74. The number of carbonyl (C=O) groups is 1. The van der Waals surface area contributed by atoms with Crippen LogP contribution in [0.25, 0.3) is 0 Å². The SMILES string of the molecule is C[C@H](NC(=O)[C@H]1C[C@@H]1c1ccccc1)c1ccc(CO)nc1. The van der Waals surface area contributed by atoms with Gasteiger partial charge in [-0.1, -0.05) is 36.4 Å². The van der Waals surface area contributed by atoms with Gasteiger partial charge in [-0.15, -0.1) is 0 Å². The standard InChI is InChI=1S/C18H20N2O2/c1-12(14-7-8-15(11-21)19-10-14)20-18(22)17-9-16(17)13-5-3-2-4-6-13/h2-8,10,12,16-17,21H,9,11H2,1H3,(H,20,22)/t12-,16+,17-/m0/s1. The monoisotopic (exact) mass is 296 g/mol. The molecular weight excluding hydrogens is 276 g/mol. The summed E-state index contributed by atoms with van der Waals surface area (Å²) in [7, 11) is 0. The Morgan fingerprint density at radius 3 is 2.73 bits per heavy atom. The summed E-state index contributed by atoms with van der Waals surface area (Å²) in [5, 5.41) is 12.1. The lowest BCUT2D eigenvalue weighted by atomic mass is 10.1. The summed E-state index contributed by atoms with van der Waals surface area (Å²) in [6.45, 7) is 1.88. The molecule has 114 valence electrons. The van der Waals surface area contributed by atoms with Gasteiger partial charge in [0.15, 0.2) is 0 Å². The van der Waals surface area contributed by atoms with Crippen molar-refractivity contribution in [2.24, 2.45) is 5.92 Å². The van der Waals surface area contributed by atoms with Crippen molar-refractivity contribution in [1.82, 2.24) is 10.3 Å². The van der Waals surface area contributed by atoms with E-state index in [1.165, 1.54) is 5.56 Å². The first kappa shape index (κ1) is 14.7. The van der Waals surface area contributed by atoms with Crippen LogP contribution in [0.4, 0.5) is 0 Å². The molecule has 0 bridgehead atoms. The predicted molar refractivity (Wildman–Crippen MR) is 84.0 cm³/mol. The van der Waals surface area contributed by atoms with Crippen LogP contribution in [-0.4, -0.2) is 16.0 Å². The van der Waals surface area contributed by atoms with Crippen LogP contribution >= 0.6 is 0 Å². The summed E-state index contributed by atoms with van der Waals surface area (Å²) in [5.41, 5.74) is 2.82. The van der Waals surface area contributed by atoms with E-state index < -0.39 is 0 Å². The second-order valence-electron chi connectivity index (χ2n) is 5.83. The van der Waals surface area contributed by atoms with E-state index in [2.05, 4.69) is 22.4 Å². The molecular formula is C18H20N2O2. The smallest absolute Gasteiger partial charge is 0.224 e. The number of aromatic nitrogens is 1. The molecule has 1 fully saturated rings. The molecule has 22 heavy (non-hydrogen) atoms. The number of carbonyl (C=O) groups excluding carboxylic acids is 1. The molecule has 0 unspecified atom stereocenters. The van der Waals surface area contributed by atoms with Gasteiger partial charge in [0.05, 0.1) is 18.3 Å². The van der Waals surface area contributed by atoms with Gasteiger partial charge in [-0.3, -0.25) is 9.78 Å². The fourth-order valence-electron chi connectivity index (χ4n) is 2.74. The van der Waals surface area contributed by atoms with Gasteiger partial charge in [-0.25, -0.2) is 0 Å². The molecule has 1 aromatic heterocycles. The first-order valence-corrected chi connectivity index (χ1v) is 7.60. The Morgan fingerprint density at radius 2 is 2.09 bits per heavy atom. The molecule has 4 heteroatoms. The van der Waals surface area contributed by atoms with Gasteiger partial charge in [-0.2, -0.15) is 0 Å². The number of aliphatic hydroxyl groups excluding tert-OH is 1. The third kappa shape index (κ3) is 3.17. The molecule has 0 radical (unpaired) electrons. The van der Waals surface area contributed by atoms with Crippen LogP contribution in [0.2, 0.25) is 0 Å². The highest BCUT2D eigenvalue weighted by molar-refractivity contribution is 5.83. The summed E-state index contributed by atoms with van der Waals surface area (Å²) >= 11 is 0. The first-order chi connectivity index (χ1) is 10.7. The molecule has 1 heterocycles. The number of aliphatic hydroxyl groups is 1. The molecule has 4 nitrogen and oxygen atoms in total. The number of pyridine rings is 1. The van der Waals surface area contributed by atoms with Gasteiger partial charge in [-0.05, 0) is 36.5 Å². The zero-order chi connectivity index (χ0) is 15.5. The summed E-state index contributed by atoms with van der Waals surface area (Å²) in [6, 6.07) is 13.8. The maximum atomic E-state index is 12.3. The van der Waals surface area contributed by atoms with Crippen molar-refractivity contribution in [2.45, 2.75) is 31.9 Å². The molecule has 1 aliphatic rings. The largest absolute Gasteiger partial charge is 0.390 e. The van der Waals surface area contributed by atoms with E-state index in [-0.39, 0.29) is 24.5 Å². The second kappa shape index (κ2) is 6.28. The van der Waals surface area contributed by atoms with Crippen LogP contribution < -0.4 is 5.32 Å². The third-order valence-electron chi connectivity index (χ3n) is 4.22. The van der Waals surface area contributed by atoms with E-state index >= 15 is 0 Å². The lowest BCUT2D eigenvalue weighted by molar-refractivity contribution is -0.123. The summed E-state index contributed by atoms with van der Waals surface area (Å²) in [4.78, 5) is 16.5. The Labute approximate surface area is 130 Å². The van der Waals surface area contributed by atoms with Crippen molar-refractivity contribution < 1.29 is 9.90 Å². The lowest BCUT2D eigenvalue weighted by Gasteiger charge is -2.14. The maximum absolute atomic E-state index is 12.3. The number of rotatable bonds is 5. The Kier molecular flexibility index (Phi) is 4.20. The van der Waals surface area contributed by atoms with Crippen LogP contribution in [0.5, 0.6) is 0 Å². The Bertz CT molecular complexity index is 640. The quantitative estimate of drug-likeness (QED) is 0.891. The van der Waals surface area contributed by atoms with E-state index in [0.29, 0.717) is 11.6 Å². The minimum atomic E-state index is -0.0789. The second-order valence-corrected chi connectivity index (χ2v) is 5.83. The average Bonchev–Trinajstić information content (AvgIpc) is 3.36. The highest BCUT2D eigenvalue weighted by Gasteiger charge is 2.44. The Hall–Kier alpha value is -2.20. The molecule has 1 amide bonds. The number of hydrogen-bond donors (Lipinski definition) is 2. The number of benzene rings is 1. The molecule has 0 aliphatic heterocycles. The van der Waals surface area contributed by atoms with Crippen molar-refractivity contribution in [3.8, 4) is 0 Å². The van der Waals surface area contributed by atoms with Gasteiger partial charge in [0.1, 0.15) is 0 Å². The number of nitrogens with zero attached hydrogens (tertiary/aromatic N) is 1. The molecule has 3 atom stereocenters. The normalized spacial score (nSPS) is 21.2. The predicted octanol–water partition coefficient (Wildman–Crippen LogP) is 2.55. The zero-order valence-corrected chi connectivity index (χ0v) is 12.6. The highest BCUT2D eigenvalue weighted by Crippen LogP contribution is 2.47. The summed E-state index contributed by atoms with van der Waals surface area (Å²) < 4.78 is 0. The molecule has 2 N–H and O–H groups in total. The Balaban J connectivity index is 1.58. The van der Waals surface area contributed by atoms with Gasteiger partial charge < -0.3 is 10.4 Å². The number of nitrogens with one attached hydrogen (secondary N) is 1. The third-order valence-corrected chi connectivity index (χ3v) is 4.22. The highest BCUT2D eigenvalue weighted by atomic mass is 16.3. The number of amides is 1. The molecule has 3 rings (SSSR count). The first-order valence-electron chi connectivity index (χ1n) is 7.60. The van der Waals surface area contributed by atoms with Crippen molar-refractivity contribution in [3.63, 3.8) is 0 Å². The van der Waals surface area contributed by atoms with E-state index in [4.69, 9.17) is 5.11 Å². The fraction of sp³-hybridized carbons (Fsp3) is 0.333. The van der Waals surface area contributed by atoms with Gasteiger partial charge in [0.25, 0.3) is 0 Å². The average molecular weight is 296 g/mol. The van der Waals surface area contributed by atoms with Crippen LogP contribution in [0, 0.1) is 5.92 Å².